The normalized spacial score (nSPS) is 14.4. The van der Waals surface area contributed by atoms with Crippen LogP contribution in [0.1, 0.15) is 90.5 Å². The third kappa shape index (κ3) is 8.67. The van der Waals surface area contributed by atoms with Crippen molar-refractivity contribution >= 4 is 59.5 Å². The van der Waals surface area contributed by atoms with Crippen molar-refractivity contribution in [3.05, 3.63) is 223 Å². The Morgan fingerprint density at radius 2 is 0.800 bits per heavy atom. The van der Waals surface area contributed by atoms with E-state index in [0.29, 0.717) is 0 Å². The molecule has 0 saturated carbocycles. The van der Waals surface area contributed by atoms with Gasteiger partial charge in [0.25, 0.3) is 0 Å². The SMILES string of the molecule is Cc1cc(C)cc(C(C)P(=O)(c2ccc(-c3ccc(P4(=O)N(c5cc(C)cc(C)c5)c5cc(C)c(C)cc5N4c4cc(C)cc(C)c4)cc3)cc2)N(c2cc(C)cc(C)c2)c2cc(C)c(C)cc2C)c1. The fourth-order valence-corrected chi connectivity index (χ4v) is 17.0. The third-order valence-electron chi connectivity index (χ3n) is 14.3. The van der Waals surface area contributed by atoms with Crippen LogP contribution in [0.15, 0.2) is 146 Å². The molecule has 0 radical (unpaired) electrons. The number of rotatable bonds is 10. The van der Waals surface area contributed by atoms with E-state index in [2.05, 4.69) is 257 Å². The van der Waals surface area contributed by atoms with Crippen LogP contribution < -0.4 is 24.6 Å². The Morgan fingerprint density at radius 1 is 0.429 bits per heavy atom. The van der Waals surface area contributed by atoms with E-state index in [1.165, 1.54) is 5.56 Å². The Bertz CT molecular complexity index is 3290. The number of nitrogens with zero attached hydrogens (tertiary/aromatic N) is 3. The molecule has 356 valence electrons. The smallest absolute Gasteiger partial charge is 0.294 e. The lowest BCUT2D eigenvalue weighted by Crippen LogP contribution is -2.27. The molecule has 0 aromatic heterocycles. The fourth-order valence-electron chi connectivity index (χ4n) is 10.9. The van der Waals surface area contributed by atoms with Gasteiger partial charge in [-0.3, -0.25) is 23.1 Å². The summed E-state index contributed by atoms with van der Waals surface area (Å²) in [4.78, 5) is 0. The standard InChI is InChI=1S/C63H67N3O2P2/c1-39-23-40(2)28-55(27-39)52(14)69(67,64(56-29-41(3)24-42(4)30-56)61-36-48(10)47(9)35-51(61)13)59-19-15-53(16-20-59)54-17-21-60(22-18-54)70(68)65(57-31-43(5)25-44(6)32-57)62-37-49(11)50(12)38-63(62)66(70)58-33-45(7)26-46(8)34-58/h15-38,52H,1-14H3. The Morgan fingerprint density at radius 3 is 1.24 bits per heavy atom. The Kier molecular flexibility index (Phi) is 12.8. The van der Waals surface area contributed by atoms with E-state index in [1.54, 1.807) is 0 Å². The van der Waals surface area contributed by atoms with Crippen molar-refractivity contribution < 1.29 is 9.13 Å². The first-order valence-electron chi connectivity index (χ1n) is 24.5. The largest absolute Gasteiger partial charge is 0.301 e. The topological polar surface area (TPSA) is 43.9 Å². The summed E-state index contributed by atoms with van der Waals surface area (Å²) in [5, 5.41) is 1.51. The molecule has 0 fully saturated rings. The summed E-state index contributed by atoms with van der Waals surface area (Å²) in [5.41, 5.74) is 22.9. The Labute approximate surface area is 417 Å². The van der Waals surface area contributed by atoms with Gasteiger partial charge in [-0.15, -0.1) is 0 Å². The average Bonchev–Trinajstić information content (AvgIpc) is 3.54. The van der Waals surface area contributed by atoms with Crippen molar-refractivity contribution in [2.75, 3.05) is 14.0 Å². The minimum Gasteiger partial charge on any atom is -0.294 e. The molecule has 2 atom stereocenters. The van der Waals surface area contributed by atoms with Crippen LogP contribution in [-0.4, -0.2) is 0 Å². The van der Waals surface area contributed by atoms with Crippen LogP contribution in [-0.2, 0) is 9.13 Å². The molecule has 1 heterocycles. The number of benzene rings is 8. The molecule has 8 aromatic carbocycles. The van der Waals surface area contributed by atoms with Gasteiger partial charge in [0.15, 0.2) is 0 Å². The van der Waals surface area contributed by atoms with E-state index in [-0.39, 0.29) is 5.66 Å². The summed E-state index contributed by atoms with van der Waals surface area (Å²) in [6, 6.07) is 51.6. The number of hydrogen-bond donors (Lipinski definition) is 0. The number of hydrogen-bond acceptors (Lipinski definition) is 2. The molecule has 0 N–H and O–H groups in total. The maximum atomic E-state index is 17.1. The molecule has 1 aliphatic rings. The lowest BCUT2D eigenvalue weighted by Gasteiger charge is -2.39. The quantitative estimate of drug-likeness (QED) is 0.128. The van der Waals surface area contributed by atoms with E-state index < -0.39 is 14.7 Å². The van der Waals surface area contributed by atoms with Gasteiger partial charge in [0.2, 0.25) is 7.29 Å². The predicted molar refractivity (Wildman–Crippen MR) is 301 cm³/mol. The first kappa shape index (κ1) is 48.6. The summed E-state index contributed by atoms with van der Waals surface area (Å²) in [7, 11) is -7.20. The molecule has 0 amide bonds. The summed E-state index contributed by atoms with van der Waals surface area (Å²) in [6.07, 6.45) is 0. The zero-order valence-electron chi connectivity index (χ0n) is 43.5. The summed E-state index contributed by atoms with van der Waals surface area (Å²) >= 11 is 0. The average molecular weight is 960 g/mol. The minimum atomic E-state index is -3.64. The Hall–Kier alpha value is -6.38. The number of fused-ring (bicyclic) bond motifs is 1. The zero-order valence-corrected chi connectivity index (χ0v) is 45.3. The minimum absolute atomic E-state index is 0.362. The van der Waals surface area contributed by atoms with Crippen molar-refractivity contribution in [2.24, 2.45) is 0 Å². The van der Waals surface area contributed by atoms with Crippen LogP contribution in [0.2, 0.25) is 0 Å². The van der Waals surface area contributed by atoms with Crippen molar-refractivity contribution in [1.29, 1.82) is 0 Å². The molecule has 7 heteroatoms. The molecule has 1 aliphatic heterocycles. The molecule has 8 aromatic rings. The van der Waals surface area contributed by atoms with Gasteiger partial charge in [0, 0.05) is 11.0 Å². The van der Waals surface area contributed by atoms with Gasteiger partial charge in [-0.25, -0.2) is 0 Å². The van der Waals surface area contributed by atoms with E-state index in [0.717, 1.165) is 128 Å². The second-order valence-electron chi connectivity index (χ2n) is 20.5. The lowest BCUT2D eigenvalue weighted by molar-refractivity contribution is 0.574. The summed E-state index contributed by atoms with van der Waals surface area (Å²) in [5.74, 6) is 0. The van der Waals surface area contributed by atoms with Crippen LogP contribution >= 0.6 is 14.7 Å². The van der Waals surface area contributed by atoms with Crippen LogP contribution in [0.5, 0.6) is 0 Å². The van der Waals surface area contributed by atoms with Gasteiger partial charge in [-0.05, 0) is 254 Å². The Balaban J connectivity index is 1.20. The van der Waals surface area contributed by atoms with E-state index in [4.69, 9.17) is 0 Å². The summed E-state index contributed by atoms with van der Waals surface area (Å²) in [6.45, 7) is 29.7. The highest BCUT2D eigenvalue weighted by Gasteiger charge is 2.49. The van der Waals surface area contributed by atoms with Gasteiger partial charge in [-0.1, -0.05) is 77.9 Å². The van der Waals surface area contributed by atoms with Crippen molar-refractivity contribution in [2.45, 2.75) is 103 Å². The lowest BCUT2D eigenvalue weighted by atomic mass is 10.0. The van der Waals surface area contributed by atoms with Gasteiger partial charge >= 0.3 is 7.44 Å². The molecule has 0 aliphatic carbocycles. The van der Waals surface area contributed by atoms with Crippen LogP contribution in [0.3, 0.4) is 0 Å². The number of aryl methyl sites for hydroxylation is 13. The van der Waals surface area contributed by atoms with Gasteiger partial charge in [-0.2, -0.15) is 0 Å². The molecule has 9 rings (SSSR count). The first-order valence-corrected chi connectivity index (χ1v) is 27.8. The predicted octanol–water partition coefficient (Wildman–Crippen LogP) is 17.7. The van der Waals surface area contributed by atoms with Gasteiger partial charge < -0.3 is 0 Å². The second kappa shape index (κ2) is 18.4. The van der Waals surface area contributed by atoms with Crippen LogP contribution in [0, 0.1) is 90.0 Å². The van der Waals surface area contributed by atoms with Gasteiger partial charge in [0.05, 0.1) is 39.4 Å². The molecule has 0 bridgehead atoms. The van der Waals surface area contributed by atoms with Crippen LogP contribution in [0.4, 0.5) is 34.1 Å². The van der Waals surface area contributed by atoms with Crippen LogP contribution in [0.25, 0.3) is 11.1 Å². The monoisotopic (exact) mass is 959 g/mol. The van der Waals surface area contributed by atoms with Crippen molar-refractivity contribution in [1.82, 2.24) is 0 Å². The maximum Gasteiger partial charge on any atom is 0.301 e. The molecule has 0 saturated heterocycles. The van der Waals surface area contributed by atoms with E-state index >= 15 is 9.13 Å². The van der Waals surface area contributed by atoms with E-state index in [9.17, 15) is 0 Å². The molecule has 70 heavy (non-hydrogen) atoms. The second-order valence-corrected chi connectivity index (χ2v) is 25.8. The van der Waals surface area contributed by atoms with Crippen molar-refractivity contribution in [3.63, 3.8) is 0 Å². The molecular formula is C63H67N3O2P2. The number of anilines is 6. The van der Waals surface area contributed by atoms with Crippen molar-refractivity contribution in [3.8, 4) is 11.1 Å². The molecular weight excluding hydrogens is 893 g/mol. The summed E-state index contributed by atoms with van der Waals surface area (Å²) < 4.78 is 40.3. The highest BCUT2D eigenvalue weighted by molar-refractivity contribution is 7.76. The zero-order chi connectivity index (χ0) is 50.1. The first-order chi connectivity index (χ1) is 33.1. The molecule has 2 unspecified atom stereocenters. The molecule has 0 spiro atoms. The third-order valence-corrected chi connectivity index (χ3v) is 20.7. The maximum absolute atomic E-state index is 17.1. The van der Waals surface area contributed by atoms with Gasteiger partial charge in [0.1, 0.15) is 0 Å². The molecule has 5 nitrogen and oxygen atoms in total. The highest BCUT2D eigenvalue weighted by atomic mass is 31.2. The highest BCUT2D eigenvalue weighted by Crippen LogP contribution is 2.71. The van der Waals surface area contributed by atoms with E-state index in [1.807, 2.05) is 0 Å². The fraction of sp³-hybridized carbons (Fsp3) is 0.238.